The number of nitrogens with zero attached hydrogens (tertiary/aromatic N) is 1. The third-order valence-electron chi connectivity index (χ3n) is 4.48. The highest BCUT2D eigenvalue weighted by Crippen LogP contribution is 2.33. The second kappa shape index (κ2) is 8.91. The summed E-state index contributed by atoms with van der Waals surface area (Å²) < 4.78 is 78.1. The third kappa shape index (κ3) is 5.18. The number of sulfone groups is 2. The Labute approximate surface area is 192 Å². The monoisotopic (exact) mass is 514 g/mol. The summed E-state index contributed by atoms with van der Waals surface area (Å²) in [6, 6.07) is 12.7. The van der Waals surface area contributed by atoms with Crippen LogP contribution in [-0.2, 0) is 29.7 Å². The minimum absolute atomic E-state index is 0.0504. The van der Waals surface area contributed by atoms with Crippen LogP contribution in [0, 0.1) is 0 Å². The molecular weight excluding hydrogens is 496 g/mol. The number of sulfonamides is 1. The Hall–Kier alpha value is -2.31. The van der Waals surface area contributed by atoms with Crippen molar-refractivity contribution in [3.8, 4) is 0 Å². The highest BCUT2D eigenvalue weighted by Gasteiger charge is 2.30. The number of halogens is 1. The van der Waals surface area contributed by atoms with Gasteiger partial charge < -0.3 is 0 Å². The molecule has 1 aromatic heterocycles. The summed E-state index contributed by atoms with van der Waals surface area (Å²) in [4.78, 5) is 2.74. The average Bonchev–Trinajstić information content (AvgIpc) is 2.73. The van der Waals surface area contributed by atoms with Crippen molar-refractivity contribution in [2.24, 2.45) is 0 Å². The van der Waals surface area contributed by atoms with Crippen LogP contribution in [0.4, 0.5) is 0 Å². The van der Waals surface area contributed by atoms with Crippen molar-refractivity contribution in [1.82, 2.24) is 9.71 Å². The van der Waals surface area contributed by atoms with Gasteiger partial charge in [-0.1, -0.05) is 29.8 Å². The molecule has 0 spiro atoms. The molecular formula is C20H19ClN2O6S3. The van der Waals surface area contributed by atoms with Crippen molar-refractivity contribution >= 4 is 41.3 Å². The number of pyridine rings is 1. The highest BCUT2D eigenvalue weighted by molar-refractivity contribution is 7.94. The molecule has 0 saturated heterocycles. The predicted molar refractivity (Wildman–Crippen MR) is 119 cm³/mol. The summed E-state index contributed by atoms with van der Waals surface area (Å²) >= 11 is 5.98. The summed E-state index contributed by atoms with van der Waals surface area (Å²) in [7, 11) is -12.0. The van der Waals surface area contributed by atoms with Crippen LogP contribution in [0.3, 0.4) is 0 Å². The summed E-state index contributed by atoms with van der Waals surface area (Å²) in [6.45, 7) is 1.61. The first kappa shape index (κ1) is 24.3. The molecule has 0 fully saturated rings. The molecule has 12 heteroatoms. The first-order valence-corrected chi connectivity index (χ1v) is 14.3. The highest BCUT2D eigenvalue weighted by atomic mass is 35.5. The minimum Gasteiger partial charge on any atom is -0.244 e. The molecule has 8 nitrogen and oxygen atoms in total. The smallest absolute Gasteiger partial charge is 0.225 e. The van der Waals surface area contributed by atoms with Gasteiger partial charge in [0.25, 0.3) is 0 Å². The Morgan fingerprint density at radius 3 is 2.06 bits per heavy atom. The van der Waals surface area contributed by atoms with E-state index in [0.29, 0.717) is 5.56 Å². The van der Waals surface area contributed by atoms with Gasteiger partial charge in [0, 0.05) is 17.3 Å². The number of hydrogen-bond donors (Lipinski definition) is 1. The largest absolute Gasteiger partial charge is 0.244 e. The van der Waals surface area contributed by atoms with E-state index in [1.54, 1.807) is 6.92 Å². The zero-order valence-corrected chi connectivity index (χ0v) is 20.1. The first-order chi connectivity index (χ1) is 14.8. The Morgan fingerprint density at radius 1 is 0.844 bits per heavy atom. The molecule has 1 atom stereocenters. The SMILES string of the molecule is C[C@H](NS(C)(=O)=O)c1ccc(S(=O)(=O)c2ccc(Cl)cc2S(=O)(=O)c2ccccn2)cc1. The minimum atomic E-state index is -4.28. The molecule has 0 aliphatic heterocycles. The van der Waals surface area contributed by atoms with Crippen LogP contribution in [-0.4, -0.2) is 36.5 Å². The number of benzene rings is 2. The van der Waals surface area contributed by atoms with E-state index in [2.05, 4.69) is 9.71 Å². The molecule has 0 aliphatic rings. The maximum Gasteiger partial charge on any atom is 0.225 e. The molecule has 3 aromatic rings. The van der Waals surface area contributed by atoms with Crippen LogP contribution < -0.4 is 4.72 Å². The molecule has 0 radical (unpaired) electrons. The van der Waals surface area contributed by atoms with E-state index >= 15 is 0 Å². The van der Waals surface area contributed by atoms with Gasteiger partial charge in [-0.15, -0.1) is 0 Å². The molecule has 0 saturated carbocycles. The molecule has 2 aromatic carbocycles. The van der Waals surface area contributed by atoms with Crippen LogP contribution in [0.25, 0.3) is 0 Å². The molecule has 1 N–H and O–H groups in total. The molecule has 0 aliphatic carbocycles. The molecule has 3 rings (SSSR count). The third-order valence-corrected chi connectivity index (χ3v) is 9.16. The summed E-state index contributed by atoms with van der Waals surface area (Å²) in [5.74, 6) is 0. The number of rotatable bonds is 7. The van der Waals surface area contributed by atoms with Crippen molar-refractivity contribution in [3.05, 3.63) is 77.4 Å². The fraction of sp³-hybridized carbons (Fsp3) is 0.150. The lowest BCUT2D eigenvalue weighted by atomic mass is 10.1. The van der Waals surface area contributed by atoms with Gasteiger partial charge in [-0.3, -0.25) is 0 Å². The maximum absolute atomic E-state index is 13.3. The van der Waals surface area contributed by atoms with E-state index in [1.165, 1.54) is 54.7 Å². The van der Waals surface area contributed by atoms with Gasteiger partial charge in [0.15, 0.2) is 5.03 Å². The van der Waals surface area contributed by atoms with Crippen molar-refractivity contribution in [2.75, 3.05) is 6.26 Å². The standard InChI is InChI=1S/C20H19ClN2O6S3/c1-14(23-30(2,24)25)15-6-9-17(10-7-15)31(26,27)18-11-8-16(21)13-19(18)32(28,29)20-5-3-4-12-22-20/h3-14,23H,1-2H3/t14-/m0/s1. The van der Waals surface area contributed by atoms with Crippen molar-refractivity contribution in [1.29, 1.82) is 0 Å². The fourth-order valence-electron chi connectivity index (χ4n) is 2.98. The predicted octanol–water partition coefficient (Wildman–Crippen LogP) is 3.01. The summed E-state index contributed by atoms with van der Waals surface area (Å²) in [5, 5.41) is -0.260. The van der Waals surface area contributed by atoms with Gasteiger partial charge in [0.2, 0.25) is 29.7 Å². The quantitative estimate of drug-likeness (QED) is 0.513. The van der Waals surface area contributed by atoms with Crippen LogP contribution in [0.2, 0.25) is 5.02 Å². The van der Waals surface area contributed by atoms with Crippen LogP contribution in [0.1, 0.15) is 18.5 Å². The Morgan fingerprint density at radius 2 is 1.50 bits per heavy atom. The first-order valence-electron chi connectivity index (χ1n) is 9.10. The lowest BCUT2D eigenvalue weighted by molar-refractivity contribution is 0.572. The van der Waals surface area contributed by atoms with E-state index in [1.807, 2.05) is 0 Å². The van der Waals surface area contributed by atoms with E-state index < -0.39 is 45.5 Å². The topological polar surface area (TPSA) is 127 Å². The van der Waals surface area contributed by atoms with Gasteiger partial charge >= 0.3 is 0 Å². The molecule has 0 unspecified atom stereocenters. The molecule has 0 amide bonds. The van der Waals surface area contributed by atoms with Crippen molar-refractivity contribution < 1.29 is 25.3 Å². The maximum atomic E-state index is 13.3. The van der Waals surface area contributed by atoms with Gasteiger partial charge in [-0.25, -0.2) is 35.0 Å². The Bertz CT molecular complexity index is 1460. The van der Waals surface area contributed by atoms with Gasteiger partial charge in [-0.2, -0.15) is 0 Å². The Kier molecular flexibility index (Phi) is 6.78. The summed E-state index contributed by atoms with van der Waals surface area (Å²) in [6.07, 6.45) is 2.31. The number of hydrogen-bond acceptors (Lipinski definition) is 7. The second-order valence-corrected chi connectivity index (χ2v) is 12.9. The number of aromatic nitrogens is 1. The van der Waals surface area contributed by atoms with Crippen LogP contribution >= 0.6 is 11.6 Å². The summed E-state index contributed by atoms with van der Waals surface area (Å²) in [5.41, 5.74) is 0.534. The lowest BCUT2D eigenvalue weighted by Crippen LogP contribution is -2.25. The number of nitrogens with one attached hydrogen (secondary N) is 1. The van der Waals surface area contributed by atoms with E-state index in [0.717, 1.165) is 18.4 Å². The van der Waals surface area contributed by atoms with Crippen molar-refractivity contribution in [3.63, 3.8) is 0 Å². The van der Waals surface area contributed by atoms with Gasteiger partial charge in [0.1, 0.15) is 0 Å². The van der Waals surface area contributed by atoms with E-state index in [4.69, 9.17) is 11.6 Å². The van der Waals surface area contributed by atoms with Crippen LogP contribution in [0.15, 0.2) is 86.6 Å². The Balaban J connectivity index is 2.09. The fourth-order valence-corrected chi connectivity index (χ4v) is 7.27. The molecule has 170 valence electrons. The van der Waals surface area contributed by atoms with Crippen LogP contribution in [0.5, 0.6) is 0 Å². The zero-order chi connectivity index (χ0) is 23.7. The van der Waals surface area contributed by atoms with Gasteiger partial charge in [0.05, 0.1) is 20.9 Å². The zero-order valence-electron chi connectivity index (χ0n) is 16.9. The molecule has 1 heterocycles. The van der Waals surface area contributed by atoms with Gasteiger partial charge in [-0.05, 0) is 55.0 Å². The van der Waals surface area contributed by atoms with Crippen molar-refractivity contribution in [2.45, 2.75) is 32.7 Å². The normalized spacial score (nSPS) is 13.6. The lowest BCUT2D eigenvalue weighted by Gasteiger charge is -2.14. The van der Waals surface area contributed by atoms with E-state index in [-0.39, 0.29) is 14.9 Å². The van der Waals surface area contributed by atoms with E-state index in [9.17, 15) is 25.3 Å². The average molecular weight is 515 g/mol. The second-order valence-electron chi connectivity index (χ2n) is 6.95. The molecule has 32 heavy (non-hydrogen) atoms. The molecule has 0 bridgehead atoms.